The quantitative estimate of drug-likeness (QED) is 0.704. The van der Waals surface area contributed by atoms with Crippen LogP contribution >= 0.6 is 11.6 Å². The number of fused-ring (bicyclic) bond motifs is 1. The molecule has 1 atom stereocenters. The van der Waals surface area contributed by atoms with Crippen molar-refractivity contribution in [2.45, 2.75) is 13.0 Å². The number of rotatable bonds is 1. The van der Waals surface area contributed by atoms with Crippen LogP contribution in [-0.2, 0) is 0 Å². The summed E-state index contributed by atoms with van der Waals surface area (Å²) in [5.74, 6) is 0. The molecule has 2 rings (SSSR count). The van der Waals surface area contributed by atoms with Gasteiger partial charge in [0.2, 0.25) is 0 Å². The first-order valence-electron chi connectivity index (χ1n) is 3.86. The summed E-state index contributed by atoms with van der Waals surface area (Å²) < 4.78 is 1.51. The third-order valence-corrected chi connectivity index (χ3v) is 2.11. The smallest absolute Gasteiger partial charge is 0.157 e. The van der Waals surface area contributed by atoms with Gasteiger partial charge in [0.25, 0.3) is 0 Å². The fourth-order valence-electron chi connectivity index (χ4n) is 1.14. The van der Waals surface area contributed by atoms with E-state index in [4.69, 9.17) is 11.6 Å². The third-order valence-electron chi connectivity index (χ3n) is 1.84. The van der Waals surface area contributed by atoms with Crippen molar-refractivity contribution in [3.63, 3.8) is 0 Å². The lowest BCUT2D eigenvalue weighted by Crippen LogP contribution is -1.96. The minimum absolute atomic E-state index is 0.450. The van der Waals surface area contributed by atoms with Crippen LogP contribution in [0.1, 0.15) is 18.6 Å². The summed E-state index contributed by atoms with van der Waals surface area (Å²) in [6.07, 6.45) is 0.881. The largest absolute Gasteiger partial charge is 0.389 e. The van der Waals surface area contributed by atoms with Crippen molar-refractivity contribution < 1.29 is 5.11 Å². The number of pyridine rings is 1. The van der Waals surface area contributed by atoms with Crippen molar-refractivity contribution in [2.24, 2.45) is 0 Å². The molecule has 0 fully saturated rings. The molecule has 1 unspecified atom stereocenters. The summed E-state index contributed by atoms with van der Waals surface area (Å²) in [5.41, 5.74) is 1.38. The number of aliphatic hydroxyl groups excluding tert-OH is 1. The molecule has 0 aliphatic heterocycles. The van der Waals surface area contributed by atoms with Gasteiger partial charge < -0.3 is 5.11 Å². The molecule has 0 saturated heterocycles. The van der Waals surface area contributed by atoms with E-state index in [0.29, 0.717) is 10.8 Å². The summed E-state index contributed by atoms with van der Waals surface area (Å²) in [5, 5.41) is 13.7. The Labute approximate surface area is 79.8 Å². The molecule has 68 valence electrons. The zero-order chi connectivity index (χ0) is 9.42. The molecule has 0 spiro atoms. The molecule has 5 heteroatoms. The van der Waals surface area contributed by atoms with Crippen molar-refractivity contribution in [1.29, 1.82) is 0 Å². The van der Waals surface area contributed by atoms with Gasteiger partial charge in [-0.3, -0.25) is 0 Å². The van der Waals surface area contributed by atoms with E-state index < -0.39 is 6.10 Å². The Hall–Kier alpha value is -1.13. The van der Waals surface area contributed by atoms with E-state index in [0.717, 1.165) is 5.56 Å². The highest BCUT2D eigenvalue weighted by Crippen LogP contribution is 2.18. The molecule has 4 nitrogen and oxygen atoms in total. The number of aliphatic hydroxyl groups is 1. The summed E-state index contributed by atoms with van der Waals surface area (Å²) in [7, 11) is 0. The second-order valence-corrected chi connectivity index (χ2v) is 3.20. The fourth-order valence-corrected chi connectivity index (χ4v) is 1.40. The molecule has 0 bridgehead atoms. The van der Waals surface area contributed by atoms with Crippen molar-refractivity contribution in [3.8, 4) is 0 Å². The van der Waals surface area contributed by atoms with Crippen LogP contribution in [0.4, 0.5) is 0 Å². The van der Waals surface area contributed by atoms with E-state index in [2.05, 4.69) is 10.1 Å². The molecular weight excluding hydrogens is 190 g/mol. The lowest BCUT2D eigenvalue weighted by atomic mass is 10.2. The van der Waals surface area contributed by atoms with E-state index >= 15 is 0 Å². The van der Waals surface area contributed by atoms with Crippen LogP contribution in [0.2, 0.25) is 5.15 Å². The van der Waals surface area contributed by atoms with Gasteiger partial charge in [-0.05, 0) is 24.6 Å². The number of nitrogens with zero attached hydrogens (tertiary/aromatic N) is 3. The first kappa shape index (κ1) is 8.47. The van der Waals surface area contributed by atoms with Crippen LogP contribution in [-0.4, -0.2) is 19.7 Å². The fraction of sp³-hybridized carbons (Fsp3) is 0.250. The number of hydrogen-bond donors (Lipinski definition) is 1. The molecule has 0 amide bonds. The Kier molecular flexibility index (Phi) is 1.94. The van der Waals surface area contributed by atoms with Gasteiger partial charge in [0, 0.05) is 0 Å². The molecule has 0 saturated carbocycles. The topological polar surface area (TPSA) is 50.4 Å². The van der Waals surface area contributed by atoms with E-state index in [1.54, 1.807) is 19.1 Å². The number of aromatic nitrogens is 3. The molecule has 0 aliphatic carbocycles. The van der Waals surface area contributed by atoms with Gasteiger partial charge in [-0.2, -0.15) is 5.10 Å². The highest BCUT2D eigenvalue weighted by molar-refractivity contribution is 6.29. The van der Waals surface area contributed by atoms with Gasteiger partial charge in [0.05, 0.1) is 6.10 Å². The van der Waals surface area contributed by atoms with Crippen molar-refractivity contribution in [3.05, 3.63) is 29.2 Å². The summed E-state index contributed by atoms with van der Waals surface area (Å²) in [4.78, 5) is 3.98. The van der Waals surface area contributed by atoms with E-state index in [1.807, 2.05) is 0 Å². The molecule has 13 heavy (non-hydrogen) atoms. The zero-order valence-corrected chi connectivity index (χ0v) is 7.73. The molecule has 2 aromatic rings. The molecule has 0 radical (unpaired) electrons. The first-order valence-corrected chi connectivity index (χ1v) is 4.23. The van der Waals surface area contributed by atoms with E-state index in [-0.39, 0.29) is 0 Å². The molecule has 0 aliphatic rings. The van der Waals surface area contributed by atoms with Crippen molar-refractivity contribution >= 4 is 17.2 Å². The van der Waals surface area contributed by atoms with Crippen LogP contribution in [0.5, 0.6) is 0 Å². The molecule has 0 aromatic carbocycles. The second-order valence-electron chi connectivity index (χ2n) is 2.82. The minimum Gasteiger partial charge on any atom is -0.389 e. The predicted octanol–water partition coefficient (Wildman–Crippen LogP) is 1.44. The average Bonchev–Trinajstić information content (AvgIpc) is 2.51. The van der Waals surface area contributed by atoms with Crippen LogP contribution in [0.25, 0.3) is 5.65 Å². The Morgan fingerprint density at radius 2 is 2.31 bits per heavy atom. The lowest BCUT2D eigenvalue weighted by molar-refractivity contribution is 0.199. The van der Waals surface area contributed by atoms with E-state index in [9.17, 15) is 5.11 Å². The van der Waals surface area contributed by atoms with Crippen molar-refractivity contribution in [1.82, 2.24) is 14.6 Å². The van der Waals surface area contributed by atoms with Crippen LogP contribution in [0, 0.1) is 0 Å². The Morgan fingerprint density at radius 1 is 1.54 bits per heavy atom. The minimum atomic E-state index is -0.542. The second kappa shape index (κ2) is 2.97. The highest BCUT2D eigenvalue weighted by atomic mass is 35.5. The third kappa shape index (κ3) is 1.38. The molecule has 2 heterocycles. The highest BCUT2D eigenvalue weighted by Gasteiger charge is 2.06. The normalized spacial score (nSPS) is 13.5. The zero-order valence-electron chi connectivity index (χ0n) is 6.98. The van der Waals surface area contributed by atoms with Crippen LogP contribution in [0.3, 0.4) is 0 Å². The monoisotopic (exact) mass is 197 g/mol. The van der Waals surface area contributed by atoms with Gasteiger partial charge in [0.1, 0.15) is 11.5 Å². The van der Waals surface area contributed by atoms with E-state index in [1.165, 1.54) is 10.8 Å². The number of hydrogen-bond acceptors (Lipinski definition) is 3. The van der Waals surface area contributed by atoms with Gasteiger partial charge >= 0.3 is 0 Å². The SMILES string of the molecule is CC(O)c1cc(Cl)n2ncnc2c1. The lowest BCUT2D eigenvalue weighted by Gasteiger charge is -2.05. The predicted molar refractivity (Wildman–Crippen MR) is 48.6 cm³/mol. The van der Waals surface area contributed by atoms with Crippen LogP contribution < -0.4 is 0 Å². The number of halogens is 1. The maximum atomic E-state index is 9.33. The van der Waals surface area contributed by atoms with Gasteiger partial charge in [-0.1, -0.05) is 11.6 Å². The standard InChI is InChI=1S/C8H8ClN3O/c1-5(13)6-2-7(9)12-8(3-6)10-4-11-12/h2-5,13H,1H3. The molecular formula is C8H8ClN3O. The maximum absolute atomic E-state index is 9.33. The summed E-state index contributed by atoms with van der Waals surface area (Å²) >= 11 is 5.90. The van der Waals surface area contributed by atoms with Gasteiger partial charge in [-0.25, -0.2) is 9.50 Å². The van der Waals surface area contributed by atoms with Gasteiger partial charge in [-0.15, -0.1) is 0 Å². The molecule has 2 aromatic heterocycles. The Balaban J connectivity index is 2.70. The molecule has 1 N–H and O–H groups in total. The Morgan fingerprint density at radius 3 is 3.00 bits per heavy atom. The maximum Gasteiger partial charge on any atom is 0.157 e. The Bertz CT molecular complexity index is 438. The summed E-state index contributed by atoms with van der Waals surface area (Å²) in [6, 6.07) is 3.43. The van der Waals surface area contributed by atoms with Crippen LogP contribution in [0.15, 0.2) is 18.5 Å². The van der Waals surface area contributed by atoms with Crippen molar-refractivity contribution in [2.75, 3.05) is 0 Å². The van der Waals surface area contributed by atoms with Gasteiger partial charge in [0.15, 0.2) is 5.65 Å². The average molecular weight is 198 g/mol. The first-order chi connectivity index (χ1) is 6.18. The summed E-state index contributed by atoms with van der Waals surface area (Å²) in [6.45, 7) is 1.68.